The fourth-order valence-electron chi connectivity index (χ4n) is 1.15. The summed E-state index contributed by atoms with van der Waals surface area (Å²) >= 11 is 3.16. The molecule has 0 N–H and O–H groups in total. The lowest BCUT2D eigenvalue weighted by molar-refractivity contribution is 1.30. The van der Waals surface area contributed by atoms with Gasteiger partial charge >= 0.3 is 0 Å². The van der Waals surface area contributed by atoms with Crippen molar-refractivity contribution in [2.24, 2.45) is 0 Å². The minimum Gasteiger partial charge on any atom is -0.288 e. The van der Waals surface area contributed by atoms with Gasteiger partial charge in [-0.2, -0.15) is 0 Å². The van der Waals surface area contributed by atoms with Crippen molar-refractivity contribution in [2.45, 2.75) is 11.3 Å². The van der Waals surface area contributed by atoms with Crippen molar-refractivity contribution in [1.29, 1.82) is 0 Å². The predicted octanol–water partition coefficient (Wildman–Crippen LogP) is 2.77. The van der Waals surface area contributed by atoms with Gasteiger partial charge in [-0.25, -0.2) is 4.98 Å². The van der Waals surface area contributed by atoms with Crippen molar-refractivity contribution < 1.29 is 0 Å². The van der Waals surface area contributed by atoms with E-state index in [-0.39, 0.29) is 5.43 Å². The smallest absolute Gasteiger partial charge is 0.198 e. The van der Waals surface area contributed by atoms with Gasteiger partial charge in [-0.1, -0.05) is 30.8 Å². The topological polar surface area (TPSA) is 30.0 Å². The van der Waals surface area contributed by atoms with Crippen LogP contribution in [0.2, 0.25) is 0 Å². The Morgan fingerprint density at radius 3 is 3.00 bits per heavy atom. The summed E-state index contributed by atoms with van der Waals surface area (Å²) in [5, 5.41) is 0. The Labute approximate surface area is 90.0 Å². The number of aromatic nitrogens is 1. The summed E-state index contributed by atoms with van der Waals surface area (Å²) in [7, 11) is 0. The van der Waals surface area contributed by atoms with Crippen LogP contribution in [0.1, 0.15) is 6.92 Å². The number of thiazole rings is 1. The summed E-state index contributed by atoms with van der Waals surface area (Å²) in [6.45, 7) is 2.08. The quantitative estimate of drug-likeness (QED) is 0.733. The summed E-state index contributed by atoms with van der Waals surface area (Å²) in [5.74, 6) is 0.986. The van der Waals surface area contributed by atoms with E-state index in [0.29, 0.717) is 0 Å². The number of rotatable bonds is 2. The first kappa shape index (κ1) is 9.68. The molecular formula is C10H9NOS2. The molecule has 1 aromatic carbocycles. The molecule has 0 spiro atoms. The third-order valence-electron chi connectivity index (χ3n) is 1.74. The number of hydrogen-bond donors (Lipinski definition) is 0. The van der Waals surface area contributed by atoms with Crippen LogP contribution < -0.4 is 5.43 Å². The molecule has 1 heterocycles. The second kappa shape index (κ2) is 4.11. The molecular weight excluding hydrogens is 214 g/mol. The minimum absolute atomic E-state index is 0.0606. The molecule has 0 fully saturated rings. The van der Waals surface area contributed by atoms with Gasteiger partial charge in [-0.15, -0.1) is 11.3 Å². The van der Waals surface area contributed by atoms with Crippen molar-refractivity contribution in [3.63, 3.8) is 0 Å². The number of nitrogens with zero attached hydrogens (tertiary/aromatic N) is 1. The molecule has 0 saturated heterocycles. The number of hydrogen-bond acceptors (Lipinski definition) is 4. The molecule has 72 valence electrons. The maximum atomic E-state index is 11.6. The first-order valence-corrected chi connectivity index (χ1v) is 6.14. The predicted molar refractivity (Wildman–Crippen MR) is 62.3 cm³/mol. The molecule has 0 saturated carbocycles. The van der Waals surface area contributed by atoms with Crippen LogP contribution in [0, 0.1) is 0 Å². The lowest BCUT2D eigenvalue weighted by Gasteiger charge is -1.85. The van der Waals surface area contributed by atoms with Gasteiger partial charge in [-0.05, 0) is 17.9 Å². The summed E-state index contributed by atoms with van der Waals surface area (Å²) in [6.07, 6.45) is 0. The van der Waals surface area contributed by atoms with E-state index in [0.717, 1.165) is 20.3 Å². The largest absolute Gasteiger partial charge is 0.288 e. The first-order chi connectivity index (χ1) is 6.81. The van der Waals surface area contributed by atoms with E-state index in [1.807, 2.05) is 12.1 Å². The molecule has 14 heavy (non-hydrogen) atoms. The highest BCUT2D eigenvalue weighted by Gasteiger charge is 2.04. The molecule has 4 heteroatoms. The minimum atomic E-state index is 0.0606. The van der Waals surface area contributed by atoms with Gasteiger partial charge in [0.05, 0.1) is 5.52 Å². The molecule has 2 nitrogen and oxygen atoms in total. The van der Waals surface area contributed by atoms with Gasteiger partial charge in [0.15, 0.2) is 9.77 Å². The third kappa shape index (κ3) is 1.81. The van der Waals surface area contributed by atoms with Crippen LogP contribution in [-0.4, -0.2) is 10.7 Å². The Bertz CT molecular complexity index is 507. The van der Waals surface area contributed by atoms with Crippen molar-refractivity contribution in [1.82, 2.24) is 4.98 Å². The van der Waals surface area contributed by atoms with Crippen molar-refractivity contribution in [2.75, 3.05) is 5.75 Å². The molecule has 1 aromatic heterocycles. The normalized spacial score (nSPS) is 10.6. The summed E-state index contributed by atoms with van der Waals surface area (Å²) in [5.41, 5.74) is 0.867. The highest BCUT2D eigenvalue weighted by Crippen LogP contribution is 2.26. The van der Waals surface area contributed by atoms with Gasteiger partial charge in [0, 0.05) is 0 Å². The van der Waals surface area contributed by atoms with Gasteiger partial charge in [-0.3, -0.25) is 4.79 Å². The van der Waals surface area contributed by atoms with Crippen molar-refractivity contribution in [3.05, 3.63) is 34.5 Å². The van der Waals surface area contributed by atoms with E-state index < -0.39 is 0 Å². The molecule has 2 rings (SSSR count). The van der Waals surface area contributed by atoms with E-state index in [2.05, 4.69) is 11.9 Å². The monoisotopic (exact) mass is 223 g/mol. The highest BCUT2D eigenvalue weighted by molar-refractivity contribution is 8.01. The zero-order chi connectivity index (χ0) is 9.97. The fraction of sp³-hybridized carbons (Fsp3) is 0.200. The first-order valence-electron chi connectivity index (χ1n) is 4.34. The van der Waals surface area contributed by atoms with Crippen LogP contribution in [0.4, 0.5) is 0 Å². The molecule has 0 atom stereocenters. The third-order valence-corrected chi connectivity index (χ3v) is 3.85. The lowest BCUT2D eigenvalue weighted by Crippen LogP contribution is -1.90. The zero-order valence-electron chi connectivity index (χ0n) is 7.69. The zero-order valence-corrected chi connectivity index (χ0v) is 9.32. The summed E-state index contributed by atoms with van der Waals surface area (Å²) in [4.78, 5) is 15.9. The van der Waals surface area contributed by atoms with Gasteiger partial charge in [0.25, 0.3) is 0 Å². The second-order valence-electron chi connectivity index (χ2n) is 2.71. The molecule has 2 aromatic rings. The van der Waals surface area contributed by atoms with Crippen molar-refractivity contribution in [3.8, 4) is 0 Å². The van der Waals surface area contributed by atoms with Crippen LogP contribution in [0.25, 0.3) is 10.2 Å². The van der Waals surface area contributed by atoms with E-state index in [9.17, 15) is 4.79 Å². The number of thioether (sulfide) groups is 1. The van der Waals surface area contributed by atoms with Crippen LogP contribution >= 0.6 is 23.1 Å². The highest BCUT2D eigenvalue weighted by atomic mass is 32.2. The van der Waals surface area contributed by atoms with Crippen LogP contribution in [0.15, 0.2) is 33.4 Å². The van der Waals surface area contributed by atoms with Gasteiger partial charge in [0.1, 0.15) is 4.70 Å². The molecule has 0 unspecified atom stereocenters. The van der Waals surface area contributed by atoms with Gasteiger partial charge in [0.2, 0.25) is 0 Å². The Kier molecular flexibility index (Phi) is 2.84. The summed E-state index contributed by atoms with van der Waals surface area (Å²) in [6, 6.07) is 7.07. The SMILES string of the molecule is CCSc1nc2ccccc(=O)c2s1. The second-order valence-corrected chi connectivity index (χ2v) is 5.22. The van der Waals surface area contributed by atoms with Crippen LogP contribution in [-0.2, 0) is 0 Å². The van der Waals surface area contributed by atoms with Crippen molar-refractivity contribution >= 4 is 33.3 Å². The van der Waals surface area contributed by atoms with E-state index in [1.54, 1.807) is 23.9 Å². The Morgan fingerprint density at radius 1 is 1.43 bits per heavy atom. The molecule has 0 radical (unpaired) electrons. The molecule has 0 aliphatic carbocycles. The Morgan fingerprint density at radius 2 is 2.21 bits per heavy atom. The van der Waals surface area contributed by atoms with Crippen LogP contribution in [0.3, 0.4) is 0 Å². The molecule has 0 aliphatic rings. The average molecular weight is 223 g/mol. The molecule has 0 aliphatic heterocycles. The maximum Gasteiger partial charge on any atom is 0.198 e. The van der Waals surface area contributed by atoms with Crippen LogP contribution in [0.5, 0.6) is 0 Å². The number of fused-ring (bicyclic) bond motifs is 1. The standard InChI is InChI=1S/C10H9NOS2/c1-2-13-10-11-7-5-3-4-6-8(12)9(7)14-10/h3-6H,2H2,1H3. The van der Waals surface area contributed by atoms with E-state index in [4.69, 9.17) is 0 Å². The fourth-order valence-corrected chi connectivity index (χ4v) is 3.11. The Balaban J connectivity index is 2.68. The average Bonchev–Trinajstić information content (AvgIpc) is 2.49. The van der Waals surface area contributed by atoms with E-state index >= 15 is 0 Å². The maximum absolute atomic E-state index is 11.6. The van der Waals surface area contributed by atoms with E-state index in [1.165, 1.54) is 11.3 Å². The molecule has 0 amide bonds. The summed E-state index contributed by atoms with van der Waals surface area (Å²) < 4.78 is 1.73. The molecule has 0 bridgehead atoms. The van der Waals surface area contributed by atoms with Gasteiger partial charge < -0.3 is 0 Å². The lowest BCUT2D eigenvalue weighted by atomic mass is 10.5. The Hall–Kier alpha value is -0.870.